The molecule has 0 bridgehead atoms. The van der Waals surface area contributed by atoms with E-state index in [-0.39, 0.29) is 6.10 Å². The van der Waals surface area contributed by atoms with Crippen molar-refractivity contribution in [2.24, 2.45) is 0 Å². The third-order valence-corrected chi connectivity index (χ3v) is 3.02. The van der Waals surface area contributed by atoms with E-state index in [1.807, 2.05) is 0 Å². The topological polar surface area (TPSA) is 30.5 Å². The average molecular weight is 265 g/mol. The van der Waals surface area contributed by atoms with Crippen molar-refractivity contribution in [1.29, 1.82) is 0 Å². The Balaban J connectivity index is 2.26. The summed E-state index contributed by atoms with van der Waals surface area (Å²) in [7, 11) is 1.73. The number of hydrogen-bond acceptors (Lipinski definition) is 3. The predicted octanol–water partition coefficient (Wildman–Crippen LogP) is 3.20. The quantitative estimate of drug-likeness (QED) is 0.696. The third kappa shape index (κ3) is 6.60. The SMILES string of the molecule is COCCCNC[C@@H](C)Oc1ccc(C(C)C)cc1. The summed E-state index contributed by atoms with van der Waals surface area (Å²) in [5.41, 5.74) is 1.35. The van der Waals surface area contributed by atoms with Crippen LogP contribution in [0.1, 0.15) is 38.7 Å². The molecule has 1 atom stereocenters. The first-order valence-electron chi connectivity index (χ1n) is 7.09. The molecule has 0 saturated heterocycles. The molecular formula is C16H27NO2. The number of rotatable bonds is 9. The van der Waals surface area contributed by atoms with E-state index in [1.165, 1.54) is 5.56 Å². The lowest BCUT2D eigenvalue weighted by Gasteiger charge is -2.16. The lowest BCUT2D eigenvalue weighted by Crippen LogP contribution is -2.30. The highest BCUT2D eigenvalue weighted by Crippen LogP contribution is 2.19. The van der Waals surface area contributed by atoms with Crippen LogP contribution in [0.5, 0.6) is 5.75 Å². The zero-order chi connectivity index (χ0) is 14.1. The summed E-state index contributed by atoms with van der Waals surface area (Å²) in [5.74, 6) is 1.50. The Labute approximate surface area is 117 Å². The van der Waals surface area contributed by atoms with Gasteiger partial charge in [0.15, 0.2) is 0 Å². The number of hydrogen-bond donors (Lipinski definition) is 1. The molecule has 0 unspecified atom stereocenters. The van der Waals surface area contributed by atoms with Gasteiger partial charge in [-0.25, -0.2) is 0 Å². The minimum atomic E-state index is 0.174. The van der Waals surface area contributed by atoms with Crippen LogP contribution in [0.25, 0.3) is 0 Å². The fourth-order valence-electron chi connectivity index (χ4n) is 1.85. The predicted molar refractivity (Wildman–Crippen MR) is 80.0 cm³/mol. The maximum Gasteiger partial charge on any atom is 0.119 e. The molecular weight excluding hydrogens is 238 g/mol. The molecule has 0 aromatic heterocycles. The summed E-state index contributed by atoms with van der Waals surface area (Å²) in [4.78, 5) is 0. The molecule has 1 aromatic carbocycles. The second kappa shape index (κ2) is 8.94. The van der Waals surface area contributed by atoms with Crippen molar-refractivity contribution < 1.29 is 9.47 Å². The highest BCUT2D eigenvalue weighted by Gasteiger charge is 2.04. The van der Waals surface area contributed by atoms with Crippen LogP contribution in [-0.4, -0.2) is 32.9 Å². The van der Waals surface area contributed by atoms with Crippen LogP contribution in [0.15, 0.2) is 24.3 Å². The summed E-state index contributed by atoms with van der Waals surface area (Å²) in [5, 5.41) is 3.36. The molecule has 3 nitrogen and oxygen atoms in total. The van der Waals surface area contributed by atoms with Gasteiger partial charge in [0.05, 0.1) is 0 Å². The molecule has 0 fully saturated rings. The summed E-state index contributed by atoms with van der Waals surface area (Å²) in [6.07, 6.45) is 1.21. The fourth-order valence-corrected chi connectivity index (χ4v) is 1.85. The van der Waals surface area contributed by atoms with Crippen molar-refractivity contribution >= 4 is 0 Å². The van der Waals surface area contributed by atoms with Crippen LogP contribution in [0, 0.1) is 0 Å². The molecule has 0 radical (unpaired) electrons. The van der Waals surface area contributed by atoms with Gasteiger partial charge in [0.1, 0.15) is 11.9 Å². The summed E-state index contributed by atoms with van der Waals surface area (Å²) < 4.78 is 10.9. The van der Waals surface area contributed by atoms with Gasteiger partial charge in [-0.1, -0.05) is 26.0 Å². The van der Waals surface area contributed by atoms with Gasteiger partial charge >= 0.3 is 0 Å². The van der Waals surface area contributed by atoms with Crippen molar-refractivity contribution in [3.63, 3.8) is 0 Å². The van der Waals surface area contributed by atoms with Gasteiger partial charge in [-0.05, 0) is 43.5 Å². The van der Waals surface area contributed by atoms with Crippen LogP contribution in [0.3, 0.4) is 0 Å². The van der Waals surface area contributed by atoms with Crippen molar-refractivity contribution in [3.8, 4) is 5.75 Å². The Hall–Kier alpha value is -1.06. The van der Waals surface area contributed by atoms with Crippen molar-refractivity contribution in [2.45, 2.75) is 39.2 Å². The maximum absolute atomic E-state index is 5.86. The molecule has 3 heteroatoms. The molecule has 108 valence electrons. The third-order valence-electron chi connectivity index (χ3n) is 3.02. The molecule has 0 aliphatic carbocycles. The molecule has 19 heavy (non-hydrogen) atoms. The summed E-state index contributed by atoms with van der Waals surface area (Å²) in [6.45, 7) is 9.10. The highest BCUT2D eigenvalue weighted by molar-refractivity contribution is 5.29. The molecule has 1 rings (SSSR count). The zero-order valence-electron chi connectivity index (χ0n) is 12.6. The van der Waals surface area contributed by atoms with Gasteiger partial charge in [-0.2, -0.15) is 0 Å². The fraction of sp³-hybridized carbons (Fsp3) is 0.625. The lowest BCUT2D eigenvalue weighted by atomic mass is 10.0. The molecule has 0 aliphatic heterocycles. The largest absolute Gasteiger partial charge is 0.489 e. The van der Waals surface area contributed by atoms with Gasteiger partial charge in [0.25, 0.3) is 0 Å². The van der Waals surface area contributed by atoms with Crippen LogP contribution in [0.4, 0.5) is 0 Å². The molecule has 0 amide bonds. The first-order chi connectivity index (χ1) is 9.13. The Morgan fingerprint density at radius 1 is 1.11 bits per heavy atom. The van der Waals surface area contributed by atoms with Gasteiger partial charge in [-0.3, -0.25) is 0 Å². The van der Waals surface area contributed by atoms with E-state index in [9.17, 15) is 0 Å². The van der Waals surface area contributed by atoms with E-state index in [0.717, 1.165) is 31.9 Å². The van der Waals surface area contributed by atoms with E-state index in [0.29, 0.717) is 5.92 Å². The number of nitrogens with one attached hydrogen (secondary N) is 1. The lowest BCUT2D eigenvalue weighted by molar-refractivity contribution is 0.188. The second-order valence-corrected chi connectivity index (χ2v) is 5.20. The van der Waals surface area contributed by atoms with Gasteiger partial charge < -0.3 is 14.8 Å². The average Bonchev–Trinajstić information content (AvgIpc) is 2.39. The minimum Gasteiger partial charge on any atom is -0.489 e. The highest BCUT2D eigenvalue weighted by atomic mass is 16.5. The van der Waals surface area contributed by atoms with Crippen molar-refractivity contribution in [1.82, 2.24) is 5.32 Å². The zero-order valence-corrected chi connectivity index (χ0v) is 12.6. The molecule has 0 spiro atoms. The number of ether oxygens (including phenoxy) is 2. The molecule has 0 saturated carbocycles. The number of methoxy groups -OCH3 is 1. The molecule has 1 N–H and O–H groups in total. The van der Waals surface area contributed by atoms with E-state index < -0.39 is 0 Å². The standard InChI is InChI=1S/C16H27NO2/c1-13(2)15-6-8-16(9-7-15)19-14(3)12-17-10-5-11-18-4/h6-9,13-14,17H,5,10-12H2,1-4H3/t14-/m1/s1. The second-order valence-electron chi connectivity index (χ2n) is 5.20. The smallest absolute Gasteiger partial charge is 0.119 e. The van der Waals surface area contributed by atoms with Crippen molar-refractivity contribution in [2.75, 3.05) is 26.8 Å². The van der Waals surface area contributed by atoms with Crippen LogP contribution in [-0.2, 0) is 4.74 Å². The van der Waals surface area contributed by atoms with E-state index in [2.05, 4.69) is 50.4 Å². The number of benzene rings is 1. The van der Waals surface area contributed by atoms with E-state index >= 15 is 0 Å². The van der Waals surface area contributed by atoms with Gasteiger partial charge in [0, 0.05) is 20.3 Å². The van der Waals surface area contributed by atoms with Crippen LogP contribution >= 0.6 is 0 Å². The first kappa shape index (κ1) is 16.0. The summed E-state index contributed by atoms with van der Waals surface area (Å²) >= 11 is 0. The van der Waals surface area contributed by atoms with Crippen LogP contribution in [0.2, 0.25) is 0 Å². The Morgan fingerprint density at radius 3 is 2.37 bits per heavy atom. The van der Waals surface area contributed by atoms with E-state index in [1.54, 1.807) is 7.11 Å². The molecule has 1 aromatic rings. The van der Waals surface area contributed by atoms with E-state index in [4.69, 9.17) is 9.47 Å². The normalized spacial score (nSPS) is 12.7. The molecule has 0 heterocycles. The monoisotopic (exact) mass is 265 g/mol. The van der Waals surface area contributed by atoms with Crippen LogP contribution < -0.4 is 10.1 Å². The Bertz CT molecular complexity index is 335. The maximum atomic E-state index is 5.86. The van der Waals surface area contributed by atoms with Gasteiger partial charge in [0.2, 0.25) is 0 Å². The first-order valence-corrected chi connectivity index (χ1v) is 7.09. The minimum absolute atomic E-state index is 0.174. The molecule has 0 aliphatic rings. The Morgan fingerprint density at radius 2 is 1.79 bits per heavy atom. The van der Waals surface area contributed by atoms with Gasteiger partial charge in [-0.15, -0.1) is 0 Å². The Kier molecular flexibility index (Phi) is 7.53. The summed E-state index contributed by atoms with van der Waals surface area (Å²) in [6, 6.07) is 8.38. The van der Waals surface area contributed by atoms with Crippen molar-refractivity contribution in [3.05, 3.63) is 29.8 Å².